The third kappa shape index (κ3) is 4.49. The van der Waals surface area contributed by atoms with Crippen molar-refractivity contribution >= 4 is 23.6 Å². The highest BCUT2D eigenvalue weighted by molar-refractivity contribution is 5.94. The number of carbonyl (C=O) groups is 3. The maximum Gasteiger partial charge on any atom is 0.257 e. The molecule has 0 bridgehead atoms. The first-order valence-corrected chi connectivity index (χ1v) is 14.1. The number of hydrogen-bond donors (Lipinski definition) is 1. The number of aromatic nitrogens is 3. The Morgan fingerprint density at radius 2 is 1.80 bits per heavy atom. The Balaban J connectivity index is 1.09. The molecule has 1 aromatic carbocycles. The molecule has 2 unspecified atom stereocenters. The van der Waals surface area contributed by atoms with Crippen molar-refractivity contribution in [3.05, 3.63) is 65.6 Å². The number of anilines is 1. The molecular formula is C30H34N6O4. The standard InChI is InChI=1S/C30H34N6O4/c1-29(2)11-22(29)28(39)35-17-30(18-35)16-34(15-23(30)24-10-25(40-33-24)32-26(37)20-8-9-20)27(38)21-12-31-36(14-21)13-19-6-4-3-5-7-19/h3-7,10,12,14,20,22-23H,8-9,11,13,15-18H2,1-2H3,(H,32,37). The molecule has 4 aliphatic rings. The van der Waals surface area contributed by atoms with Gasteiger partial charge in [0.1, 0.15) is 0 Å². The van der Waals surface area contributed by atoms with Crippen molar-refractivity contribution in [2.24, 2.45) is 22.7 Å². The Bertz CT molecular complexity index is 1470. The topological polar surface area (TPSA) is 114 Å². The number of carbonyl (C=O) groups excluding carboxylic acids is 3. The first kappa shape index (κ1) is 25.0. The number of nitrogens with one attached hydrogen (secondary N) is 1. The highest BCUT2D eigenvalue weighted by Crippen LogP contribution is 2.55. The van der Waals surface area contributed by atoms with Gasteiger partial charge in [-0.1, -0.05) is 49.3 Å². The van der Waals surface area contributed by atoms with Crippen LogP contribution in [0.4, 0.5) is 5.88 Å². The second-order valence-electron chi connectivity index (χ2n) is 12.8. The molecule has 2 aliphatic carbocycles. The van der Waals surface area contributed by atoms with Crippen molar-refractivity contribution in [2.45, 2.75) is 45.6 Å². The van der Waals surface area contributed by atoms with Gasteiger partial charge in [-0.15, -0.1) is 0 Å². The first-order valence-electron chi connectivity index (χ1n) is 14.1. The molecule has 10 heteroatoms. The number of rotatable bonds is 7. The lowest BCUT2D eigenvalue weighted by Crippen LogP contribution is -2.62. The lowest BCUT2D eigenvalue weighted by molar-refractivity contribution is -0.145. The van der Waals surface area contributed by atoms with E-state index >= 15 is 0 Å². The summed E-state index contributed by atoms with van der Waals surface area (Å²) in [5, 5.41) is 11.6. The summed E-state index contributed by atoms with van der Waals surface area (Å²) in [5.41, 5.74) is 2.12. The Kier molecular flexibility index (Phi) is 5.66. The molecule has 7 rings (SSSR count). The lowest BCUT2D eigenvalue weighted by atomic mass is 9.70. The minimum atomic E-state index is -0.307. The quantitative estimate of drug-likeness (QED) is 0.490. The number of nitrogens with zero attached hydrogens (tertiary/aromatic N) is 5. The zero-order chi connectivity index (χ0) is 27.6. The summed E-state index contributed by atoms with van der Waals surface area (Å²) >= 11 is 0. The number of benzene rings is 1. The fourth-order valence-electron chi connectivity index (χ4n) is 6.42. The summed E-state index contributed by atoms with van der Waals surface area (Å²) < 4.78 is 7.28. The van der Waals surface area contributed by atoms with Crippen LogP contribution < -0.4 is 5.32 Å². The van der Waals surface area contributed by atoms with E-state index in [0.29, 0.717) is 49.9 Å². The molecule has 2 saturated carbocycles. The molecule has 0 radical (unpaired) electrons. The normalized spacial score (nSPS) is 24.1. The van der Waals surface area contributed by atoms with Crippen LogP contribution in [0, 0.1) is 22.7 Å². The van der Waals surface area contributed by atoms with Gasteiger partial charge in [0.05, 0.1) is 24.0 Å². The Morgan fingerprint density at radius 3 is 2.50 bits per heavy atom. The van der Waals surface area contributed by atoms with Crippen molar-refractivity contribution in [1.29, 1.82) is 0 Å². The molecule has 1 spiro atoms. The van der Waals surface area contributed by atoms with Gasteiger partial charge in [0.2, 0.25) is 17.7 Å². The number of amides is 3. The predicted octanol–water partition coefficient (Wildman–Crippen LogP) is 3.38. The van der Waals surface area contributed by atoms with Crippen LogP contribution in [-0.2, 0) is 16.1 Å². The molecule has 2 aliphatic heterocycles. The largest absolute Gasteiger partial charge is 0.341 e. The molecular weight excluding hydrogens is 508 g/mol. The van der Waals surface area contributed by atoms with E-state index in [-0.39, 0.29) is 46.3 Å². The molecule has 3 aromatic rings. The summed E-state index contributed by atoms with van der Waals surface area (Å²) in [6.07, 6.45) is 6.14. The monoisotopic (exact) mass is 542 g/mol. The van der Waals surface area contributed by atoms with E-state index in [1.54, 1.807) is 23.1 Å². The van der Waals surface area contributed by atoms with E-state index in [1.165, 1.54) is 0 Å². The van der Waals surface area contributed by atoms with Gasteiger partial charge in [-0.3, -0.25) is 24.4 Å². The van der Waals surface area contributed by atoms with Crippen molar-refractivity contribution in [2.75, 3.05) is 31.5 Å². The van der Waals surface area contributed by atoms with E-state index < -0.39 is 0 Å². The summed E-state index contributed by atoms with van der Waals surface area (Å²) in [5.74, 6) is 0.442. The van der Waals surface area contributed by atoms with Crippen molar-refractivity contribution < 1.29 is 18.9 Å². The third-order valence-corrected chi connectivity index (χ3v) is 9.22. The fourth-order valence-corrected chi connectivity index (χ4v) is 6.42. The highest BCUT2D eigenvalue weighted by atomic mass is 16.5. The van der Waals surface area contributed by atoms with Gasteiger partial charge in [0.25, 0.3) is 5.91 Å². The fraction of sp³-hybridized carbons (Fsp3) is 0.500. The molecule has 1 N–H and O–H groups in total. The lowest BCUT2D eigenvalue weighted by Gasteiger charge is -2.50. The molecule has 2 atom stereocenters. The second-order valence-corrected chi connectivity index (χ2v) is 12.8. The van der Waals surface area contributed by atoms with Crippen LogP contribution in [0.3, 0.4) is 0 Å². The number of hydrogen-bond acceptors (Lipinski definition) is 6. The van der Waals surface area contributed by atoms with Crippen LogP contribution in [0.1, 0.15) is 60.6 Å². The Morgan fingerprint density at radius 1 is 1.07 bits per heavy atom. The van der Waals surface area contributed by atoms with Gasteiger partial charge in [-0.2, -0.15) is 5.10 Å². The average Bonchev–Trinajstić information content (AvgIpc) is 3.66. The zero-order valence-corrected chi connectivity index (χ0v) is 22.9. The summed E-state index contributed by atoms with van der Waals surface area (Å²) in [6, 6.07) is 11.8. The van der Waals surface area contributed by atoms with Crippen LogP contribution >= 0.6 is 0 Å². The first-order chi connectivity index (χ1) is 19.2. The highest BCUT2D eigenvalue weighted by Gasteiger charge is 2.61. The van der Waals surface area contributed by atoms with Crippen molar-refractivity contribution in [3.63, 3.8) is 0 Å². The maximum atomic E-state index is 13.7. The van der Waals surface area contributed by atoms with Gasteiger partial charge in [-0.25, -0.2) is 0 Å². The van der Waals surface area contributed by atoms with E-state index in [9.17, 15) is 14.4 Å². The summed E-state index contributed by atoms with van der Waals surface area (Å²) in [6.45, 7) is 7.00. The van der Waals surface area contributed by atoms with Crippen LogP contribution in [0.15, 0.2) is 53.3 Å². The van der Waals surface area contributed by atoms with Crippen molar-refractivity contribution in [3.8, 4) is 0 Å². The van der Waals surface area contributed by atoms with Crippen LogP contribution in [0.25, 0.3) is 0 Å². The molecule has 3 amide bonds. The van der Waals surface area contributed by atoms with Gasteiger partial charge in [0, 0.05) is 61.6 Å². The number of likely N-dealkylation sites (tertiary alicyclic amines) is 2. The van der Waals surface area contributed by atoms with E-state index in [4.69, 9.17) is 4.52 Å². The van der Waals surface area contributed by atoms with Crippen molar-refractivity contribution in [1.82, 2.24) is 24.7 Å². The molecule has 2 aromatic heterocycles. The molecule has 4 heterocycles. The molecule has 10 nitrogen and oxygen atoms in total. The smallest absolute Gasteiger partial charge is 0.257 e. The third-order valence-electron chi connectivity index (χ3n) is 9.22. The molecule has 208 valence electrons. The van der Waals surface area contributed by atoms with Gasteiger partial charge in [-0.05, 0) is 30.2 Å². The molecule has 2 saturated heterocycles. The SMILES string of the molecule is CC1(C)CC1C(=O)N1CC2(CN(C(=O)c3cnn(Cc4ccccc4)c3)CC2c2cc(NC(=O)C3CC3)on2)C1. The Hall–Kier alpha value is -3.95. The van der Waals surface area contributed by atoms with E-state index in [1.807, 2.05) is 40.1 Å². The zero-order valence-electron chi connectivity index (χ0n) is 22.9. The Labute approximate surface area is 232 Å². The summed E-state index contributed by atoms with van der Waals surface area (Å²) in [4.78, 5) is 42.8. The van der Waals surface area contributed by atoms with Crippen LogP contribution in [0.2, 0.25) is 0 Å². The van der Waals surface area contributed by atoms with Gasteiger partial charge < -0.3 is 14.3 Å². The molecule has 4 fully saturated rings. The second kappa shape index (κ2) is 9.04. The average molecular weight is 543 g/mol. The predicted molar refractivity (Wildman–Crippen MR) is 145 cm³/mol. The van der Waals surface area contributed by atoms with Gasteiger partial charge in [0.15, 0.2) is 0 Å². The van der Waals surface area contributed by atoms with Crippen LogP contribution in [0.5, 0.6) is 0 Å². The minimum absolute atomic E-state index is 0.0411. The van der Waals surface area contributed by atoms with E-state index in [0.717, 1.165) is 24.8 Å². The summed E-state index contributed by atoms with van der Waals surface area (Å²) in [7, 11) is 0. The van der Waals surface area contributed by atoms with Gasteiger partial charge >= 0.3 is 0 Å². The minimum Gasteiger partial charge on any atom is -0.341 e. The van der Waals surface area contributed by atoms with E-state index in [2.05, 4.69) is 29.4 Å². The van der Waals surface area contributed by atoms with Crippen LogP contribution in [-0.4, -0.2) is 68.6 Å². The maximum absolute atomic E-state index is 13.7. The molecule has 40 heavy (non-hydrogen) atoms.